The highest BCUT2D eigenvalue weighted by molar-refractivity contribution is 6.32. The smallest absolute Gasteiger partial charge is 0.353 e. The molecular formula is C15H14ClF3N2. The molecule has 0 saturated carbocycles. The van der Waals surface area contributed by atoms with E-state index in [1.807, 2.05) is 32.9 Å². The number of nitrogens with zero attached hydrogens (tertiary/aromatic N) is 1. The highest BCUT2D eigenvalue weighted by Gasteiger charge is 2.31. The van der Waals surface area contributed by atoms with Crippen LogP contribution in [0.2, 0.25) is 5.15 Å². The topological polar surface area (TPSA) is 24.9 Å². The van der Waals surface area contributed by atoms with Crippen molar-refractivity contribution in [1.29, 1.82) is 0 Å². The third-order valence-corrected chi connectivity index (χ3v) is 3.40. The SMILES string of the molecule is Cc1cc(C)c(Nc2cc(C(F)(F)F)cnc2Cl)c(C)c1. The average Bonchev–Trinajstić information content (AvgIpc) is 2.34. The number of hydrogen-bond donors (Lipinski definition) is 1. The average molecular weight is 315 g/mol. The van der Waals surface area contributed by atoms with Gasteiger partial charge in [-0.3, -0.25) is 0 Å². The van der Waals surface area contributed by atoms with Gasteiger partial charge in [0.1, 0.15) is 0 Å². The molecular weight excluding hydrogens is 301 g/mol. The zero-order chi connectivity index (χ0) is 15.8. The zero-order valence-electron chi connectivity index (χ0n) is 11.8. The van der Waals surface area contributed by atoms with Gasteiger partial charge in [-0.05, 0) is 38.0 Å². The molecule has 0 amide bonds. The first kappa shape index (κ1) is 15.6. The van der Waals surface area contributed by atoms with Crippen molar-refractivity contribution in [1.82, 2.24) is 4.98 Å². The minimum absolute atomic E-state index is 0.00220. The van der Waals surface area contributed by atoms with E-state index >= 15 is 0 Å². The van der Waals surface area contributed by atoms with Crippen molar-refractivity contribution < 1.29 is 13.2 Å². The normalized spacial score (nSPS) is 11.6. The third-order valence-electron chi connectivity index (χ3n) is 3.10. The fourth-order valence-corrected chi connectivity index (χ4v) is 2.35. The molecule has 0 aliphatic carbocycles. The van der Waals surface area contributed by atoms with Gasteiger partial charge in [0.2, 0.25) is 0 Å². The minimum atomic E-state index is -4.45. The number of aromatic nitrogens is 1. The van der Waals surface area contributed by atoms with Crippen LogP contribution >= 0.6 is 11.6 Å². The number of rotatable bonds is 2. The van der Waals surface area contributed by atoms with Crippen LogP contribution in [0.25, 0.3) is 0 Å². The molecule has 112 valence electrons. The molecule has 6 heteroatoms. The summed E-state index contributed by atoms with van der Waals surface area (Å²) in [4.78, 5) is 3.60. The first-order valence-electron chi connectivity index (χ1n) is 6.26. The summed E-state index contributed by atoms with van der Waals surface area (Å²) in [5.41, 5.74) is 2.99. The number of pyridine rings is 1. The van der Waals surface area contributed by atoms with E-state index in [9.17, 15) is 13.2 Å². The number of nitrogens with one attached hydrogen (secondary N) is 1. The molecule has 0 unspecified atom stereocenters. The van der Waals surface area contributed by atoms with E-state index in [0.29, 0.717) is 0 Å². The molecule has 1 heterocycles. The quantitative estimate of drug-likeness (QED) is 0.748. The third kappa shape index (κ3) is 3.47. The second-order valence-electron chi connectivity index (χ2n) is 4.96. The van der Waals surface area contributed by atoms with Crippen LogP contribution in [0.1, 0.15) is 22.3 Å². The molecule has 2 aromatic rings. The number of anilines is 2. The Morgan fingerprint density at radius 1 is 1.05 bits per heavy atom. The van der Waals surface area contributed by atoms with E-state index in [4.69, 9.17) is 11.6 Å². The van der Waals surface area contributed by atoms with Gasteiger partial charge in [0.25, 0.3) is 0 Å². The van der Waals surface area contributed by atoms with Gasteiger partial charge in [0.05, 0.1) is 11.3 Å². The summed E-state index contributed by atoms with van der Waals surface area (Å²) in [6, 6.07) is 4.86. The Morgan fingerprint density at radius 2 is 1.62 bits per heavy atom. The lowest BCUT2D eigenvalue weighted by atomic mass is 10.0. The van der Waals surface area contributed by atoms with Crippen molar-refractivity contribution in [2.45, 2.75) is 26.9 Å². The summed E-state index contributed by atoms with van der Waals surface area (Å²) < 4.78 is 38.2. The van der Waals surface area contributed by atoms with E-state index in [1.165, 1.54) is 0 Å². The Labute approximate surface area is 126 Å². The van der Waals surface area contributed by atoms with Gasteiger partial charge in [-0.15, -0.1) is 0 Å². The molecule has 0 aliphatic heterocycles. The van der Waals surface area contributed by atoms with Crippen LogP contribution in [0.5, 0.6) is 0 Å². The van der Waals surface area contributed by atoms with Crippen molar-refractivity contribution in [3.63, 3.8) is 0 Å². The van der Waals surface area contributed by atoms with E-state index < -0.39 is 11.7 Å². The first-order chi connectivity index (χ1) is 9.68. The molecule has 0 atom stereocenters. The highest BCUT2D eigenvalue weighted by atomic mass is 35.5. The predicted molar refractivity (Wildman–Crippen MR) is 78.2 cm³/mol. The second-order valence-corrected chi connectivity index (χ2v) is 5.32. The molecule has 0 radical (unpaired) electrons. The summed E-state index contributed by atoms with van der Waals surface area (Å²) in [6.07, 6.45) is -3.73. The van der Waals surface area contributed by atoms with Gasteiger partial charge in [0.15, 0.2) is 5.15 Å². The number of alkyl halides is 3. The maximum atomic E-state index is 12.7. The minimum Gasteiger partial charge on any atom is -0.353 e. The van der Waals surface area contributed by atoms with Crippen LogP contribution in [0.15, 0.2) is 24.4 Å². The van der Waals surface area contributed by atoms with Crippen molar-refractivity contribution in [3.05, 3.63) is 51.8 Å². The number of benzene rings is 1. The lowest BCUT2D eigenvalue weighted by Gasteiger charge is -2.16. The van der Waals surface area contributed by atoms with Crippen LogP contribution in [-0.4, -0.2) is 4.98 Å². The lowest BCUT2D eigenvalue weighted by molar-refractivity contribution is -0.137. The number of halogens is 4. The Hall–Kier alpha value is -1.75. The van der Waals surface area contributed by atoms with Crippen molar-refractivity contribution in [3.8, 4) is 0 Å². The molecule has 0 spiro atoms. The Balaban J connectivity index is 2.45. The van der Waals surface area contributed by atoms with Gasteiger partial charge in [-0.2, -0.15) is 13.2 Å². The van der Waals surface area contributed by atoms with Gasteiger partial charge in [-0.1, -0.05) is 29.3 Å². The van der Waals surface area contributed by atoms with Crippen LogP contribution in [0.4, 0.5) is 24.5 Å². The summed E-state index contributed by atoms with van der Waals surface area (Å²) in [5, 5.41) is 2.96. The standard InChI is InChI=1S/C15H14ClF3N2/c1-8-4-9(2)13(10(3)5-8)21-12-6-11(15(17,18)19)7-20-14(12)16/h4-7,21H,1-3H3. The molecule has 2 rings (SSSR count). The lowest BCUT2D eigenvalue weighted by Crippen LogP contribution is -2.07. The monoisotopic (exact) mass is 314 g/mol. The van der Waals surface area contributed by atoms with Crippen molar-refractivity contribution >= 4 is 23.0 Å². The molecule has 1 aromatic carbocycles. The fraction of sp³-hybridized carbons (Fsp3) is 0.267. The highest BCUT2D eigenvalue weighted by Crippen LogP contribution is 2.34. The largest absolute Gasteiger partial charge is 0.417 e. The van der Waals surface area contributed by atoms with E-state index in [2.05, 4.69) is 10.3 Å². The van der Waals surface area contributed by atoms with Crippen LogP contribution in [0, 0.1) is 20.8 Å². The molecule has 0 aliphatic rings. The predicted octanol–water partition coefficient (Wildman–Crippen LogP) is 5.42. The molecule has 21 heavy (non-hydrogen) atoms. The Bertz CT molecular complexity index is 658. The van der Waals surface area contributed by atoms with Crippen LogP contribution < -0.4 is 5.32 Å². The van der Waals surface area contributed by atoms with Crippen LogP contribution in [-0.2, 0) is 6.18 Å². The van der Waals surface area contributed by atoms with Crippen molar-refractivity contribution in [2.24, 2.45) is 0 Å². The summed E-state index contributed by atoms with van der Waals surface area (Å²) in [6.45, 7) is 5.73. The Morgan fingerprint density at radius 3 is 2.14 bits per heavy atom. The maximum Gasteiger partial charge on any atom is 0.417 e. The maximum absolute atomic E-state index is 12.7. The van der Waals surface area contributed by atoms with Gasteiger partial charge in [0, 0.05) is 11.9 Å². The first-order valence-corrected chi connectivity index (χ1v) is 6.64. The Kier molecular flexibility index (Phi) is 4.14. The molecule has 1 N–H and O–H groups in total. The second kappa shape index (κ2) is 5.56. The van der Waals surface area contributed by atoms with Gasteiger partial charge in [-0.25, -0.2) is 4.98 Å². The molecule has 0 fully saturated rings. The summed E-state index contributed by atoms with van der Waals surface area (Å²) in [5.74, 6) is 0. The van der Waals surface area contributed by atoms with Gasteiger partial charge >= 0.3 is 6.18 Å². The van der Waals surface area contributed by atoms with E-state index in [0.717, 1.165) is 34.6 Å². The molecule has 0 saturated heterocycles. The van der Waals surface area contributed by atoms with Gasteiger partial charge < -0.3 is 5.32 Å². The summed E-state index contributed by atoms with van der Waals surface area (Å²) >= 11 is 5.89. The van der Waals surface area contributed by atoms with Crippen LogP contribution in [0.3, 0.4) is 0 Å². The molecule has 0 bridgehead atoms. The number of aryl methyl sites for hydroxylation is 3. The molecule has 1 aromatic heterocycles. The van der Waals surface area contributed by atoms with Crippen molar-refractivity contribution in [2.75, 3.05) is 5.32 Å². The van der Waals surface area contributed by atoms with E-state index in [-0.39, 0.29) is 10.8 Å². The zero-order valence-corrected chi connectivity index (χ0v) is 12.5. The fourth-order valence-electron chi connectivity index (χ4n) is 2.20. The van der Waals surface area contributed by atoms with E-state index in [1.54, 1.807) is 0 Å². The number of hydrogen-bond acceptors (Lipinski definition) is 2. The molecule has 2 nitrogen and oxygen atoms in total. The summed E-state index contributed by atoms with van der Waals surface area (Å²) in [7, 11) is 0.